The second-order valence-corrected chi connectivity index (χ2v) is 8.09. The van der Waals surface area contributed by atoms with Gasteiger partial charge in [0.05, 0.1) is 17.3 Å². The van der Waals surface area contributed by atoms with Gasteiger partial charge in [-0.3, -0.25) is 4.90 Å². The van der Waals surface area contributed by atoms with Crippen molar-refractivity contribution in [2.75, 3.05) is 23.4 Å². The zero-order chi connectivity index (χ0) is 21.3. The lowest BCUT2D eigenvalue weighted by molar-refractivity contribution is -0.149. The molecule has 0 spiro atoms. The summed E-state index contributed by atoms with van der Waals surface area (Å²) in [7, 11) is 0. The molecule has 2 N–H and O–H groups in total. The molecule has 1 unspecified atom stereocenters. The number of amides is 1. The summed E-state index contributed by atoms with van der Waals surface area (Å²) in [4.78, 5) is 26.0. The van der Waals surface area contributed by atoms with Gasteiger partial charge < -0.3 is 15.2 Å². The van der Waals surface area contributed by atoms with Crippen molar-refractivity contribution in [2.24, 2.45) is 0 Å². The van der Waals surface area contributed by atoms with Crippen LogP contribution in [0.5, 0.6) is 0 Å². The molecule has 0 fully saturated rings. The zero-order valence-corrected chi connectivity index (χ0v) is 18.2. The van der Waals surface area contributed by atoms with E-state index in [0.717, 1.165) is 4.90 Å². The zero-order valence-electron chi connectivity index (χ0n) is 15.1. The molecule has 1 aliphatic rings. The number of fused-ring (bicyclic) bond motifs is 1. The standard InChI is InChI=1S/C19H16Cl4N2O4/c1-2-29-17(26)19(24-13-6-10(20)5-11(21)7-13)3-4-25(18(27)28)15-9-12(22)8-14(23)16(15)19/h5-9,24H,2-4H2,1H3,(H,27,28). The number of anilines is 2. The summed E-state index contributed by atoms with van der Waals surface area (Å²) in [5, 5.41) is 13.9. The first-order valence-corrected chi connectivity index (χ1v) is 10.1. The highest BCUT2D eigenvalue weighted by molar-refractivity contribution is 6.36. The molecule has 0 saturated heterocycles. The Morgan fingerprint density at radius 1 is 1.10 bits per heavy atom. The van der Waals surface area contributed by atoms with Gasteiger partial charge in [0, 0.05) is 39.3 Å². The highest BCUT2D eigenvalue weighted by Gasteiger charge is 2.49. The van der Waals surface area contributed by atoms with E-state index in [4.69, 9.17) is 51.1 Å². The van der Waals surface area contributed by atoms with Crippen LogP contribution in [0, 0.1) is 0 Å². The first kappa shape index (κ1) is 21.8. The second kappa shape index (κ2) is 8.48. The van der Waals surface area contributed by atoms with Crippen molar-refractivity contribution in [3.05, 3.63) is 56.0 Å². The van der Waals surface area contributed by atoms with Gasteiger partial charge in [0.25, 0.3) is 0 Å². The number of rotatable bonds is 4. The first-order valence-electron chi connectivity index (χ1n) is 8.59. The average molecular weight is 478 g/mol. The molecule has 0 aliphatic carbocycles. The topological polar surface area (TPSA) is 78.9 Å². The summed E-state index contributed by atoms with van der Waals surface area (Å²) in [5.74, 6) is -0.605. The summed E-state index contributed by atoms with van der Waals surface area (Å²) >= 11 is 24.8. The van der Waals surface area contributed by atoms with Crippen LogP contribution < -0.4 is 10.2 Å². The minimum Gasteiger partial charge on any atom is -0.465 e. The predicted octanol–water partition coefficient (Wildman–Crippen LogP) is 6.06. The largest absolute Gasteiger partial charge is 0.465 e. The molecule has 10 heteroatoms. The van der Waals surface area contributed by atoms with Crippen LogP contribution in [-0.4, -0.2) is 30.3 Å². The third kappa shape index (κ3) is 4.21. The van der Waals surface area contributed by atoms with Crippen molar-refractivity contribution >= 4 is 69.8 Å². The average Bonchev–Trinajstić information content (AvgIpc) is 2.60. The first-order chi connectivity index (χ1) is 13.7. The molecule has 1 amide bonds. The number of carboxylic acid groups (broad SMARTS) is 1. The molecule has 3 rings (SSSR count). The van der Waals surface area contributed by atoms with Gasteiger partial charge in [0.1, 0.15) is 0 Å². The normalized spacial score (nSPS) is 18.2. The molecule has 1 heterocycles. The monoisotopic (exact) mass is 476 g/mol. The molecule has 1 atom stereocenters. The molecule has 29 heavy (non-hydrogen) atoms. The van der Waals surface area contributed by atoms with E-state index in [2.05, 4.69) is 5.32 Å². The lowest BCUT2D eigenvalue weighted by atomic mass is 9.81. The minimum absolute atomic E-state index is 0.0130. The summed E-state index contributed by atoms with van der Waals surface area (Å²) < 4.78 is 5.33. The maximum absolute atomic E-state index is 13.2. The molecule has 6 nitrogen and oxygen atoms in total. The highest BCUT2D eigenvalue weighted by Crippen LogP contribution is 2.47. The molecule has 2 aromatic rings. The Labute approximate surface area is 187 Å². The summed E-state index contributed by atoms with van der Waals surface area (Å²) in [6, 6.07) is 7.66. The number of carbonyl (C=O) groups excluding carboxylic acids is 1. The fourth-order valence-electron chi connectivity index (χ4n) is 3.43. The summed E-state index contributed by atoms with van der Waals surface area (Å²) in [6.45, 7) is 1.82. The second-order valence-electron chi connectivity index (χ2n) is 6.37. The van der Waals surface area contributed by atoms with Gasteiger partial charge in [-0.05, 0) is 37.3 Å². The van der Waals surface area contributed by atoms with Gasteiger partial charge in [0.2, 0.25) is 0 Å². The van der Waals surface area contributed by atoms with Crippen molar-refractivity contribution < 1.29 is 19.4 Å². The molecule has 0 bridgehead atoms. The molecular formula is C19H16Cl4N2O4. The Kier molecular flexibility index (Phi) is 6.39. The Bertz CT molecular complexity index is 965. The van der Waals surface area contributed by atoms with Crippen LogP contribution in [0.2, 0.25) is 20.1 Å². The SMILES string of the molecule is CCOC(=O)C1(Nc2cc(Cl)cc(Cl)c2)CCN(C(=O)O)c2cc(Cl)cc(Cl)c21. The number of hydrogen-bond acceptors (Lipinski definition) is 4. The summed E-state index contributed by atoms with van der Waals surface area (Å²) in [6.07, 6.45) is -1.12. The number of benzene rings is 2. The lowest BCUT2D eigenvalue weighted by Gasteiger charge is -2.42. The van der Waals surface area contributed by atoms with E-state index in [1.165, 1.54) is 12.1 Å². The van der Waals surface area contributed by atoms with E-state index >= 15 is 0 Å². The van der Waals surface area contributed by atoms with E-state index in [1.54, 1.807) is 25.1 Å². The van der Waals surface area contributed by atoms with Gasteiger partial charge in [-0.2, -0.15) is 0 Å². The molecule has 1 aliphatic heterocycles. The van der Waals surface area contributed by atoms with Crippen molar-refractivity contribution in [2.45, 2.75) is 18.9 Å². The number of nitrogens with zero attached hydrogens (tertiary/aromatic N) is 1. The summed E-state index contributed by atoms with van der Waals surface area (Å²) in [5.41, 5.74) is -0.550. The van der Waals surface area contributed by atoms with Crippen LogP contribution in [0.4, 0.5) is 16.2 Å². The van der Waals surface area contributed by atoms with Gasteiger partial charge in [-0.25, -0.2) is 9.59 Å². The Hall–Kier alpha value is -1.86. The van der Waals surface area contributed by atoms with Gasteiger partial charge >= 0.3 is 12.1 Å². The van der Waals surface area contributed by atoms with Crippen LogP contribution >= 0.6 is 46.4 Å². The van der Waals surface area contributed by atoms with Crippen molar-refractivity contribution in [1.82, 2.24) is 0 Å². The number of ether oxygens (including phenoxy) is 1. The van der Waals surface area contributed by atoms with Crippen LogP contribution in [0.3, 0.4) is 0 Å². The number of hydrogen-bond donors (Lipinski definition) is 2. The minimum atomic E-state index is -1.47. The van der Waals surface area contributed by atoms with E-state index in [0.29, 0.717) is 15.7 Å². The van der Waals surface area contributed by atoms with Gasteiger partial charge in [0.15, 0.2) is 5.54 Å². The van der Waals surface area contributed by atoms with E-state index in [1.807, 2.05) is 0 Å². The van der Waals surface area contributed by atoms with Crippen LogP contribution in [0.25, 0.3) is 0 Å². The van der Waals surface area contributed by atoms with Crippen LogP contribution in [0.15, 0.2) is 30.3 Å². The molecular weight excluding hydrogens is 462 g/mol. The number of esters is 1. The van der Waals surface area contributed by atoms with E-state index in [-0.39, 0.29) is 40.9 Å². The number of carbonyl (C=O) groups is 2. The fourth-order valence-corrected chi connectivity index (χ4v) is 4.60. The fraction of sp³-hybridized carbons (Fsp3) is 0.263. The smallest absolute Gasteiger partial charge is 0.411 e. The van der Waals surface area contributed by atoms with Crippen molar-refractivity contribution in [3.8, 4) is 0 Å². The van der Waals surface area contributed by atoms with E-state index in [9.17, 15) is 14.7 Å². The molecule has 0 aromatic heterocycles. The van der Waals surface area contributed by atoms with Gasteiger partial charge in [-0.1, -0.05) is 46.4 Å². The Balaban J connectivity index is 2.25. The van der Waals surface area contributed by atoms with Crippen molar-refractivity contribution in [3.63, 3.8) is 0 Å². The number of halogens is 4. The third-order valence-corrected chi connectivity index (χ3v) is 5.49. The molecule has 154 valence electrons. The van der Waals surface area contributed by atoms with Crippen molar-refractivity contribution in [1.29, 1.82) is 0 Å². The molecule has 0 radical (unpaired) electrons. The third-order valence-electron chi connectivity index (χ3n) is 4.54. The van der Waals surface area contributed by atoms with Crippen LogP contribution in [-0.2, 0) is 15.1 Å². The Morgan fingerprint density at radius 2 is 1.72 bits per heavy atom. The molecule has 2 aromatic carbocycles. The highest BCUT2D eigenvalue weighted by atomic mass is 35.5. The Morgan fingerprint density at radius 3 is 2.31 bits per heavy atom. The molecule has 0 saturated carbocycles. The lowest BCUT2D eigenvalue weighted by Crippen LogP contribution is -2.52. The number of nitrogens with one attached hydrogen (secondary N) is 1. The van der Waals surface area contributed by atoms with Crippen LogP contribution in [0.1, 0.15) is 18.9 Å². The van der Waals surface area contributed by atoms with Gasteiger partial charge in [-0.15, -0.1) is 0 Å². The quantitative estimate of drug-likeness (QED) is 0.523. The van der Waals surface area contributed by atoms with E-state index < -0.39 is 17.6 Å². The predicted molar refractivity (Wildman–Crippen MR) is 115 cm³/mol. The maximum Gasteiger partial charge on any atom is 0.411 e. The maximum atomic E-state index is 13.2.